The lowest BCUT2D eigenvalue weighted by Crippen LogP contribution is -2.41. The minimum atomic E-state index is -0.560. The molecule has 1 spiro atoms. The fraction of sp³-hybridized carbons (Fsp3) is 0.562. The number of aliphatic imine (C=N–C) groups is 1. The Labute approximate surface area is 152 Å². The molecule has 7 heteroatoms. The first-order valence-electron chi connectivity index (χ1n) is 7.59. The van der Waals surface area contributed by atoms with Gasteiger partial charge in [-0.2, -0.15) is 0 Å². The second-order valence-corrected chi connectivity index (χ2v) is 6.15. The monoisotopic (exact) mass is 437 g/mol. The minimum absolute atomic E-state index is 0. The topological polar surface area (TPSA) is 36.9 Å². The van der Waals surface area contributed by atoms with Crippen LogP contribution in [-0.2, 0) is 11.3 Å². The molecule has 4 nitrogen and oxygen atoms in total. The summed E-state index contributed by atoms with van der Waals surface area (Å²) in [5, 5.41) is 3.19. The molecule has 1 unspecified atom stereocenters. The van der Waals surface area contributed by atoms with Crippen molar-refractivity contribution in [3.05, 3.63) is 35.4 Å². The van der Waals surface area contributed by atoms with Crippen molar-refractivity contribution in [2.24, 2.45) is 10.4 Å². The molecule has 2 aliphatic rings. The van der Waals surface area contributed by atoms with Gasteiger partial charge in [-0.1, -0.05) is 0 Å². The SMILES string of the molecule is CN=C(NCc1cc(F)cc(F)c1)N1CCC2(CCOC2)C1.I. The molecule has 2 fully saturated rings. The fourth-order valence-electron chi connectivity index (χ4n) is 3.31. The van der Waals surface area contributed by atoms with Crippen molar-refractivity contribution in [3.63, 3.8) is 0 Å². The highest BCUT2D eigenvalue weighted by atomic mass is 127. The van der Waals surface area contributed by atoms with Gasteiger partial charge in [-0.15, -0.1) is 24.0 Å². The Kier molecular flexibility index (Phi) is 6.19. The Morgan fingerprint density at radius 3 is 2.65 bits per heavy atom. The summed E-state index contributed by atoms with van der Waals surface area (Å²) in [7, 11) is 1.73. The number of halogens is 3. The molecule has 2 saturated heterocycles. The van der Waals surface area contributed by atoms with Gasteiger partial charge in [-0.25, -0.2) is 8.78 Å². The van der Waals surface area contributed by atoms with Crippen molar-refractivity contribution in [2.75, 3.05) is 33.4 Å². The Morgan fingerprint density at radius 2 is 2.04 bits per heavy atom. The molecule has 0 amide bonds. The van der Waals surface area contributed by atoms with E-state index in [1.54, 1.807) is 7.05 Å². The molecule has 0 bridgehead atoms. The first-order chi connectivity index (χ1) is 10.6. The highest BCUT2D eigenvalue weighted by molar-refractivity contribution is 14.0. The van der Waals surface area contributed by atoms with E-state index in [9.17, 15) is 8.78 Å². The van der Waals surface area contributed by atoms with Crippen LogP contribution in [0.2, 0.25) is 0 Å². The van der Waals surface area contributed by atoms with Crippen LogP contribution in [-0.4, -0.2) is 44.2 Å². The molecule has 2 aliphatic heterocycles. The second kappa shape index (κ2) is 7.74. The van der Waals surface area contributed by atoms with Crippen LogP contribution in [0.4, 0.5) is 8.78 Å². The van der Waals surface area contributed by atoms with Crippen molar-refractivity contribution in [1.82, 2.24) is 10.2 Å². The average molecular weight is 437 g/mol. The van der Waals surface area contributed by atoms with E-state index < -0.39 is 11.6 Å². The van der Waals surface area contributed by atoms with Crippen molar-refractivity contribution in [1.29, 1.82) is 0 Å². The van der Waals surface area contributed by atoms with E-state index in [-0.39, 0.29) is 29.4 Å². The lowest BCUT2D eigenvalue weighted by atomic mass is 9.87. The predicted octanol–water partition coefficient (Wildman–Crippen LogP) is 2.77. The van der Waals surface area contributed by atoms with E-state index in [1.165, 1.54) is 12.1 Å². The van der Waals surface area contributed by atoms with Crippen LogP contribution < -0.4 is 5.32 Å². The van der Waals surface area contributed by atoms with Gasteiger partial charge in [0.05, 0.1) is 6.61 Å². The number of hydrogen-bond donors (Lipinski definition) is 1. The standard InChI is InChI=1S/C16H21F2N3O.HI/c1-19-15(20-9-12-6-13(17)8-14(18)7-12)21-4-2-16(10-21)3-5-22-11-16;/h6-8H,2-5,9-11H2,1H3,(H,19,20);1H. The van der Waals surface area contributed by atoms with Gasteiger partial charge in [0, 0.05) is 44.8 Å². The van der Waals surface area contributed by atoms with Crippen LogP contribution in [0.3, 0.4) is 0 Å². The molecule has 3 rings (SSSR count). The van der Waals surface area contributed by atoms with E-state index in [0.29, 0.717) is 12.1 Å². The molecule has 0 radical (unpaired) electrons. The van der Waals surface area contributed by atoms with E-state index in [1.807, 2.05) is 0 Å². The first-order valence-corrected chi connectivity index (χ1v) is 7.59. The van der Waals surface area contributed by atoms with Gasteiger partial charge >= 0.3 is 0 Å². The highest BCUT2D eigenvalue weighted by Gasteiger charge is 2.42. The molecule has 23 heavy (non-hydrogen) atoms. The molecule has 0 aliphatic carbocycles. The lowest BCUT2D eigenvalue weighted by Gasteiger charge is -2.25. The molecular formula is C16H22F2IN3O. The fourth-order valence-corrected chi connectivity index (χ4v) is 3.31. The summed E-state index contributed by atoms with van der Waals surface area (Å²) < 4.78 is 32.0. The number of rotatable bonds is 2. The summed E-state index contributed by atoms with van der Waals surface area (Å²) in [6.45, 7) is 3.85. The van der Waals surface area contributed by atoms with E-state index in [2.05, 4.69) is 15.2 Å². The van der Waals surface area contributed by atoms with Gasteiger partial charge in [-0.3, -0.25) is 4.99 Å². The molecular weight excluding hydrogens is 415 g/mol. The molecule has 1 aromatic rings. The van der Waals surface area contributed by atoms with Crippen molar-refractivity contribution in [2.45, 2.75) is 19.4 Å². The second-order valence-electron chi connectivity index (χ2n) is 6.15. The maximum Gasteiger partial charge on any atom is 0.193 e. The zero-order valence-electron chi connectivity index (χ0n) is 13.1. The van der Waals surface area contributed by atoms with Crippen molar-refractivity contribution < 1.29 is 13.5 Å². The van der Waals surface area contributed by atoms with Crippen molar-refractivity contribution in [3.8, 4) is 0 Å². The number of ether oxygens (including phenoxy) is 1. The van der Waals surface area contributed by atoms with Crippen molar-refractivity contribution >= 4 is 29.9 Å². The molecule has 0 aromatic heterocycles. The number of hydrogen-bond acceptors (Lipinski definition) is 2. The van der Waals surface area contributed by atoms with E-state index >= 15 is 0 Å². The molecule has 0 saturated carbocycles. The molecule has 128 valence electrons. The van der Waals surface area contributed by atoms with E-state index in [0.717, 1.165) is 51.2 Å². The van der Waals surface area contributed by atoms with Crippen LogP contribution in [0, 0.1) is 17.0 Å². The van der Waals surface area contributed by atoms with Gasteiger partial charge in [0.1, 0.15) is 11.6 Å². The van der Waals surface area contributed by atoms with Crippen LogP contribution >= 0.6 is 24.0 Å². The normalized spacial score (nSPS) is 24.1. The quantitative estimate of drug-likeness (QED) is 0.440. The van der Waals surface area contributed by atoms with E-state index in [4.69, 9.17) is 4.74 Å². The third-order valence-corrected chi connectivity index (χ3v) is 4.51. The molecule has 2 heterocycles. The number of benzene rings is 1. The largest absolute Gasteiger partial charge is 0.381 e. The summed E-state index contributed by atoms with van der Waals surface area (Å²) in [4.78, 5) is 6.49. The highest BCUT2D eigenvalue weighted by Crippen LogP contribution is 2.38. The Hall–Kier alpha value is -0.960. The number of nitrogens with zero attached hydrogens (tertiary/aromatic N) is 2. The first kappa shape index (κ1) is 18.4. The Balaban J connectivity index is 0.00000192. The Morgan fingerprint density at radius 1 is 1.30 bits per heavy atom. The molecule has 1 N–H and O–H groups in total. The number of likely N-dealkylation sites (tertiary alicyclic amines) is 1. The minimum Gasteiger partial charge on any atom is -0.381 e. The third kappa shape index (κ3) is 4.32. The van der Waals surface area contributed by atoms with Gasteiger partial charge in [0.15, 0.2) is 5.96 Å². The summed E-state index contributed by atoms with van der Waals surface area (Å²) in [5.41, 5.74) is 0.819. The molecule has 1 aromatic carbocycles. The third-order valence-electron chi connectivity index (χ3n) is 4.51. The summed E-state index contributed by atoms with van der Waals surface area (Å²) in [6.07, 6.45) is 2.19. The number of nitrogens with one attached hydrogen (secondary N) is 1. The van der Waals surface area contributed by atoms with Crippen LogP contribution in [0.5, 0.6) is 0 Å². The predicted molar refractivity (Wildman–Crippen MR) is 96.0 cm³/mol. The summed E-state index contributed by atoms with van der Waals surface area (Å²) in [5.74, 6) is -0.349. The van der Waals surface area contributed by atoms with Crippen LogP contribution in [0.25, 0.3) is 0 Å². The Bertz CT molecular complexity index is 556. The van der Waals surface area contributed by atoms with Crippen LogP contribution in [0.15, 0.2) is 23.2 Å². The van der Waals surface area contributed by atoms with Crippen LogP contribution in [0.1, 0.15) is 18.4 Å². The van der Waals surface area contributed by atoms with Gasteiger partial charge in [0.2, 0.25) is 0 Å². The summed E-state index contributed by atoms with van der Waals surface area (Å²) in [6, 6.07) is 3.54. The smallest absolute Gasteiger partial charge is 0.193 e. The van der Waals surface area contributed by atoms with Gasteiger partial charge in [0.25, 0.3) is 0 Å². The summed E-state index contributed by atoms with van der Waals surface area (Å²) >= 11 is 0. The maximum absolute atomic E-state index is 13.2. The number of guanidine groups is 1. The molecule has 1 atom stereocenters. The van der Waals surface area contributed by atoms with Gasteiger partial charge < -0.3 is 15.0 Å². The maximum atomic E-state index is 13.2. The zero-order valence-corrected chi connectivity index (χ0v) is 15.5. The lowest BCUT2D eigenvalue weighted by molar-refractivity contribution is 0.156. The average Bonchev–Trinajstić information content (AvgIpc) is 3.10. The zero-order chi connectivity index (χ0) is 15.6. The van der Waals surface area contributed by atoms with Gasteiger partial charge in [-0.05, 0) is 30.5 Å².